The Morgan fingerprint density at radius 3 is 2.30 bits per heavy atom. The molecule has 1 aromatic rings. The van der Waals surface area contributed by atoms with Crippen molar-refractivity contribution in [3.63, 3.8) is 0 Å². The van der Waals surface area contributed by atoms with Crippen LogP contribution in [0.1, 0.15) is 38.7 Å². The minimum atomic E-state index is 0.0775. The maximum absolute atomic E-state index is 12.3. The fourth-order valence-electron chi connectivity index (χ4n) is 2.54. The van der Waals surface area contributed by atoms with E-state index in [9.17, 15) is 9.59 Å². The molecule has 0 saturated carbocycles. The lowest BCUT2D eigenvalue weighted by atomic mass is 9.98. The second-order valence-electron chi connectivity index (χ2n) is 5.62. The maximum Gasteiger partial charge on any atom is 0.324 e. The number of nitrogens with zero attached hydrogens (tertiary/aromatic N) is 2. The number of benzene rings is 1. The first-order valence-corrected chi connectivity index (χ1v) is 7.16. The number of rotatable bonds is 5. The molecule has 4 nitrogen and oxygen atoms in total. The monoisotopic (exact) mass is 274 g/mol. The van der Waals surface area contributed by atoms with Crippen molar-refractivity contribution in [1.82, 2.24) is 4.90 Å². The Hall–Kier alpha value is -1.84. The summed E-state index contributed by atoms with van der Waals surface area (Å²) in [6.45, 7) is 7.61. The van der Waals surface area contributed by atoms with Gasteiger partial charge in [0.15, 0.2) is 0 Å². The van der Waals surface area contributed by atoms with E-state index in [1.165, 1.54) is 0 Å². The average molecular weight is 274 g/mol. The van der Waals surface area contributed by atoms with Gasteiger partial charge in [0, 0.05) is 31.2 Å². The number of carbonyl (C=O) groups excluding carboxylic acids is 2. The van der Waals surface area contributed by atoms with Crippen LogP contribution in [0.3, 0.4) is 0 Å². The first kappa shape index (κ1) is 14.6. The third-order valence-corrected chi connectivity index (χ3v) is 3.89. The summed E-state index contributed by atoms with van der Waals surface area (Å²) in [4.78, 5) is 26.5. The van der Waals surface area contributed by atoms with Crippen molar-refractivity contribution in [3.05, 3.63) is 29.8 Å². The Morgan fingerprint density at radius 1 is 1.15 bits per heavy atom. The first-order chi connectivity index (χ1) is 9.54. The number of aldehydes is 1. The predicted molar refractivity (Wildman–Crippen MR) is 80.1 cm³/mol. The lowest BCUT2D eigenvalue weighted by Gasteiger charge is -2.22. The molecule has 0 N–H and O–H groups in total. The number of anilines is 1. The van der Waals surface area contributed by atoms with Crippen LogP contribution in [0.2, 0.25) is 0 Å². The first-order valence-electron chi connectivity index (χ1n) is 7.16. The van der Waals surface area contributed by atoms with Gasteiger partial charge in [0.25, 0.3) is 0 Å². The Bertz CT molecular complexity index is 482. The van der Waals surface area contributed by atoms with E-state index < -0.39 is 0 Å². The predicted octanol–water partition coefficient (Wildman–Crippen LogP) is 3.03. The highest BCUT2D eigenvalue weighted by Crippen LogP contribution is 2.25. The minimum Gasteiger partial charge on any atom is -0.320 e. The molecule has 1 atom stereocenters. The molecule has 0 radical (unpaired) electrons. The molecule has 2 amide bonds. The van der Waals surface area contributed by atoms with E-state index in [4.69, 9.17) is 0 Å². The Morgan fingerprint density at radius 2 is 1.80 bits per heavy atom. The number of carbonyl (C=O) groups is 2. The van der Waals surface area contributed by atoms with E-state index in [1.807, 2.05) is 54.8 Å². The van der Waals surface area contributed by atoms with Gasteiger partial charge in [-0.25, -0.2) is 4.79 Å². The highest BCUT2D eigenvalue weighted by atomic mass is 16.2. The SMILES string of the molecule is CC(CC=O)c1ccc(N2CCN(C(C)C)C2=O)cc1. The van der Waals surface area contributed by atoms with Crippen LogP contribution in [0, 0.1) is 0 Å². The lowest BCUT2D eigenvalue weighted by Crippen LogP contribution is -2.36. The van der Waals surface area contributed by atoms with Crippen LogP contribution in [-0.4, -0.2) is 36.3 Å². The molecule has 20 heavy (non-hydrogen) atoms. The summed E-state index contributed by atoms with van der Waals surface area (Å²) in [7, 11) is 0. The zero-order valence-electron chi connectivity index (χ0n) is 12.4. The summed E-state index contributed by atoms with van der Waals surface area (Å²) in [5, 5.41) is 0. The molecular weight excluding hydrogens is 252 g/mol. The number of hydrogen-bond acceptors (Lipinski definition) is 2. The third-order valence-electron chi connectivity index (χ3n) is 3.89. The van der Waals surface area contributed by atoms with Crippen molar-refractivity contribution in [2.24, 2.45) is 0 Å². The Kier molecular flexibility index (Phi) is 4.42. The van der Waals surface area contributed by atoms with Crippen molar-refractivity contribution >= 4 is 18.0 Å². The van der Waals surface area contributed by atoms with E-state index in [0.29, 0.717) is 6.42 Å². The fraction of sp³-hybridized carbons (Fsp3) is 0.500. The molecule has 1 saturated heterocycles. The highest BCUT2D eigenvalue weighted by Gasteiger charge is 2.30. The van der Waals surface area contributed by atoms with Crippen molar-refractivity contribution in [3.8, 4) is 0 Å². The summed E-state index contributed by atoms with van der Waals surface area (Å²) in [5.74, 6) is 0.225. The van der Waals surface area contributed by atoms with Gasteiger partial charge < -0.3 is 9.69 Å². The molecule has 0 aromatic heterocycles. The molecule has 0 aliphatic carbocycles. The second kappa shape index (κ2) is 6.07. The van der Waals surface area contributed by atoms with Crippen LogP contribution in [0.25, 0.3) is 0 Å². The fourth-order valence-corrected chi connectivity index (χ4v) is 2.54. The Labute approximate surface area is 120 Å². The molecule has 1 aliphatic rings. The largest absolute Gasteiger partial charge is 0.324 e. The molecule has 1 heterocycles. The van der Waals surface area contributed by atoms with Gasteiger partial charge in [-0.15, -0.1) is 0 Å². The quantitative estimate of drug-likeness (QED) is 0.774. The van der Waals surface area contributed by atoms with Gasteiger partial charge in [-0.2, -0.15) is 0 Å². The maximum atomic E-state index is 12.3. The van der Waals surface area contributed by atoms with Gasteiger partial charge in [-0.05, 0) is 37.5 Å². The third kappa shape index (κ3) is 2.84. The van der Waals surface area contributed by atoms with Crippen molar-refractivity contribution in [2.75, 3.05) is 18.0 Å². The van der Waals surface area contributed by atoms with Crippen LogP contribution in [0.4, 0.5) is 10.5 Å². The van der Waals surface area contributed by atoms with Gasteiger partial charge in [-0.3, -0.25) is 4.90 Å². The molecule has 0 bridgehead atoms. The zero-order valence-corrected chi connectivity index (χ0v) is 12.4. The van der Waals surface area contributed by atoms with E-state index in [2.05, 4.69) is 0 Å². The van der Waals surface area contributed by atoms with E-state index >= 15 is 0 Å². The molecule has 1 unspecified atom stereocenters. The second-order valence-corrected chi connectivity index (χ2v) is 5.62. The lowest BCUT2D eigenvalue weighted by molar-refractivity contribution is -0.108. The summed E-state index contributed by atoms with van der Waals surface area (Å²) in [6, 6.07) is 8.27. The molecule has 1 aliphatic heterocycles. The van der Waals surface area contributed by atoms with E-state index in [-0.39, 0.29) is 18.0 Å². The van der Waals surface area contributed by atoms with E-state index in [1.54, 1.807) is 0 Å². The van der Waals surface area contributed by atoms with Crippen molar-refractivity contribution in [1.29, 1.82) is 0 Å². The molecule has 0 spiro atoms. The molecular formula is C16H22N2O2. The van der Waals surface area contributed by atoms with Crippen molar-refractivity contribution in [2.45, 2.75) is 39.2 Å². The Balaban J connectivity index is 2.11. The van der Waals surface area contributed by atoms with Crippen LogP contribution < -0.4 is 4.90 Å². The summed E-state index contributed by atoms with van der Waals surface area (Å²) in [6.07, 6.45) is 1.48. The molecule has 1 aromatic carbocycles. The molecule has 108 valence electrons. The minimum absolute atomic E-state index is 0.0775. The van der Waals surface area contributed by atoms with Gasteiger partial charge >= 0.3 is 6.03 Å². The average Bonchev–Trinajstić information content (AvgIpc) is 2.81. The van der Waals surface area contributed by atoms with Crippen LogP contribution in [-0.2, 0) is 4.79 Å². The summed E-state index contributed by atoms with van der Waals surface area (Å²) >= 11 is 0. The highest BCUT2D eigenvalue weighted by molar-refractivity contribution is 5.94. The van der Waals surface area contributed by atoms with E-state index in [0.717, 1.165) is 30.6 Å². The summed E-state index contributed by atoms with van der Waals surface area (Å²) in [5.41, 5.74) is 2.06. The van der Waals surface area contributed by atoms with Crippen LogP contribution >= 0.6 is 0 Å². The molecule has 1 fully saturated rings. The smallest absolute Gasteiger partial charge is 0.320 e. The number of amides is 2. The van der Waals surface area contributed by atoms with Crippen LogP contribution in [0.5, 0.6) is 0 Å². The summed E-state index contributed by atoms with van der Waals surface area (Å²) < 4.78 is 0. The normalized spacial score (nSPS) is 16.9. The van der Waals surface area contributed by atoms with Gasteiger partial charge in [0.05, 0.1) is 0 Å². The number of urea groups is 1. The standard InChI is InChI=1S/C16H22N2O2/c1-12(2)17-9-10-18(16(17)20)15-6-4-14(5-7-15)13(3)8-11-19/h4-7,11-13H,8-10H2,1-3H3. The van der Waals surface area contributed by atoms with Gasteiger partial charge in [0.2, 0.25) is 0 Å². The van der Waals surface area contributed by atoms with Crippen LogP contribution in [0.15, 0.2) is 24.3 Å². The van der Waals surface area contributed by atoms with Crippen molar-refractivity contribution < 1.29 is 9.59 Å². The zero-order chi connectivity index (χ0) is 14.7. The number of hydrogen-bond donors (Lipinski definition) is 0. The molecule has 2 rings (SSSR count). The van der Waals surface area contributed by atoms with Gasteiger partial charge in [0.1, 0.15) is 6.29 Å². The molecule has 4 heteroatoms. The van der Waals surface area contributed by atoms with Gasteiger partial charge in [-0.1, -0.05) is 19.1 Å². The topological polar surface area (TPSA) is 40.6 Å².